The van der Waals surface area contributed by atoms with Crippen LogP contribution in [0.2, 0.25) is 5.02 Å². The molecule has 1 heterocycles. The van der Waals surface area contributed by atoms with Gasteiger partial charge in [-0.3, -0.25) is 14.5 Å². The van der Waals surface area contributed by atoms with Crippen molar-refractivity contribution in [3.05, 3.63) is 73.2 Å². The number of hydrogen-bond acceptors (Lipinski definition) is 3. The number of benzene rings is 2. The molecule has 3 rings (SSSR count). The number of imide groups is 1. The van der Waals surface area contributed by atoms with Crippen molar-refractivity contribution < 1.29 is 9.59 Å². The third kappa shape index (κ3) is 3.97. The number of hydrogen-bond donors (Lipinski definition) is 0. The van der Waals surface area contributed by atoms with E-state index in [9.17, 15) is 9.59 Å². The Morgan fingerprint density at radius 2 is 1.70 bits per heavy atom. The molecular weight excluding hydrogens is 445 g/mol. The first kappa shape index (κ1) is 16.5. The lowest BCUT2D eigenvalue weighted by Crippen LogP contribution is -2.27. The van der Waals surface area contributed by atoms with E-state index in [1.165, 1.54) is 4.90 Å². The van der Waals surface area contributed by atoms with Crippen LogP contribution in [0.1, 0.15) is 11.1 Å². The van der Waals surface area contributed by atoms with Crippen LogP contribution >= 0.6 is 46.0 Å². The second-order valence-corrected chi connectivity index (χ2v) is 7.62. The van der Waals surface area contributed by atoms with Crippen LogP contribution < -0.4 is 0 Å². The minimum absolute atomic E-state index is 0.242. The zero-order valence-corrected chi connectivity index (χ0v) is 15.6. The van der Waals surface area contributed by atoms with Crippen molar-refractivity contribution in [3.63, 3.8) is 0 Å². The van der Waals surface area contributed by atoms with Crippen LogP contribution in [0, 0.1) is 3.57 Å². The molecule has 0 bridgehead atoms. The summed E-state index contributed by atoms with van der Waals surface area (Å²) < 4.78 is 1.11. The quantitative estimate of drug-likeness (QED) is 0.473. The fraction of sp³-hybridized carbons (Fsp3) is 0.0588. The molecule has 116 valence electrons. The summed E-state index contributed by atoms with van der Waals surface area (Å²) in [6.45, 7) is 0.291. The van der Waals surface area contributed by atoms with Crippen LogP contribution in [0.25, 0.3) is 6.08 Å². The fourth-order valence-electron chi connectivity index (χ4n) is 2.12. The highest BCUT2D eigenvalue weighted by atomic mass is 127. The highest BCUT2D eigenvalue weighted by Gasteiger charge is 2.34. The predicted molar refractivity (Wildman–Crippen MR) is 102 cm³/mol. The van der Waals surface area contributed by atoms with Crippen molar-refractivity contribution in [2.75, 3.05) is 0 Å². The van der Waals surface area contributed by atoms with E-state index in [2.05, 4.69) is 22.6 Å². The largest absolute Gasteiger partial charge is 0.293 e. The van der Waals surface area contributed by atoms with E-state index in [0.717, 1.165) is 26.5 Å². The first-order valence-electron chi connectivity index (χ1n) is 6.78. The molecule has 1 saturated heterocycles. The molecule has 23 heavy (non-hydrogen) atoms. The van der Waals surface area contributed by atoms with Crippen molar-refractivity contribution in [1.29, 1.82) is 0 Å². The zero-order valence-electron chi connectivity index (χ0n) is 11.8. The summed E-state index contributed by atoms with van der Waals surface area (Å²) in [5.74, 6) is -0.256. The van der Waals surface area contributed by atoms with Gasteiger partial charge >= 0.3 is 0 Å². The lowest BCUT2D eigenvalue weighted by molar-refractivity contribution is -0.123. The maximum absolute atomic E-state index is 12.4. The van der Waals surface area contributed by atoms with E-state index in [1.807, 2.05) is 36.4 Å². The van der Waals surface area contributed by atoms with Gasteiger partial charge in [-0.1, -0.05) is 35.9 Å². The number of rotatable bonds is 3. The van der Waals surface area contributed by atoms with Gasteiger partial charge in [-0.05, 0) is 75.8 Å². The van der Waals surface area contributed by atoms with Gasteiger partial charge in [0.05, 0.1) is 11.4 Å². The van der Waals surface area contributed by atoms with Crippen molar-refractivity contribution in [3.8, 4) is 0 Å². The SMILES string of the molecule is O=C1S/C(=C\c2ccc(Cl)cc2)C(=O)N1Cc1ccc(I)cc1. The molecule has 1 fully saturated rings. The van der Waals surface area contributed by atoms with Crippen LogP contribution in [0.3, 0.4) is 0 Å². The monoisotopic (exact) mass is 455 g/mol. The van der Waals surface area contributed by atoms with Crippen LogP contribution in [0.15, 0.2) is 53.4 Å². The fourth-order valence-corrected chi connectivity index (χ4v) is 3.44. The first-order valence-corrected chi connectivity index (χ1v) is 9.05. The van der Waals surface area contributed by atoms with Gasteiger partial charge in [0.2, 0.25) is 0 Å². The van der Waals surface area contributed by atoms with E-state index in [0.29, 0.717) is 16.5 Å². The topological polar surface area (TPSA) is 37.4 Å². The number of carbonyl (C=O) groups excluding carboxylic acids is 2. The highest BCUT2D eigenvalue weighted by molar-refractivity contribution is 14.1. The second-order valence-electron chi connectivity index (χ2n) is 4.95. The van der Waals surface area contributed by atoms with E-state index in [-0.39, 0.29) is 11.1 Å². The predicted octanol–water partition coefficient (Wildman–Crippen LogP) is 5.18. The highest BCUT2D eigenvalue weighted by Crippen LogP contribution is 2.33. The molecule has 0 saturated carbocycles. The molecule has 0 atom stereocenters. The second kappa shape index (κ2) is 7.07. The minimum atomic E-state index is -0.256. The van der Waals surface area contributed by atoms with Gasteiger partial charge in [0.15, 0.2) is 0 Å². The Balaban J connectivity index is 1.79. The number of halogens is 2. The summed E-state index contributed by atoms with van der Waals surface area (Å²) in [5.41, 5.74) is 1.77. The Morgan fingerprint density at radius 1 is 1.04 bits per heavy atom. The molecule has 0 radical (unpaired) electrons. The molecule has 2 aromatic rings. The Hall–Kier alpha value is -1.31. The molecular formula is C17H11ClINO2S. The normalized spacial score (nSPS) is 16.4. The summed E-state index contributed by atoms with van der Waals surface area (Å²) in [6, 6.07) is 14.9. The van der Waals surface area contributed by atoms with Gasteiger partial charge < -0.3 is 0 Å². The van der Waals surface area contributed by atoms with Gasteiger partial charge in [0.25, 0.3) is 11.1 Å². The molecule has 1 aliphatic rings. The molecule has 2 aromatic carbocycles. The zero-order chi connectivity index (χ0) is 16.4. The average Bonchev–Trinajstić information content (AvgIpc) is 2.79. The Bertz CT molecular complexity index is 787. The Morgan fingerprint density at radius 3 is 2.35 bits per heavy atom. The number of nitrogens with zero attached hydrogens (tertiary/aromatic N) is 1. The number of carbonyl (C=O) groups is 2. The van der Waals surface area contributed by atoms with Gasteiger partial charge in [0.1, 0.15) is 0 Å². The molecule has 0 spiro atoms. The summed E-state index contributed by atoms with van der Waals surface area (Å²) in [7, 11) is 0. The Kier molecular flexibility index (Phi) is 5.08. The lowest BCUT2D eigenvalue weighted by atomic mass is 10.2. The number of amides is 2. The molecule has 0 unspecified atom stereocenters. The van der Waals surface area contributed by atoms with Crippen LogP contribution in [0.5, 0.6) is 0 Å². The molecule has 1 aliphatic heterocycles. The van der Waals surface area contributed by atoms with Crippen molar-refractivity contribution in [2.45, 2.75) is 6.54 Å². The summed E-state index contributed by atoms with van der Waals surface area (Å²) in [6.07, 6.45) is 1.72. The standard InChI is InChI=1S/C17H11ClINO2S/c18-13-5-1-11(2-6-13)9-15-16(21)20(17(22)23-15)10-12-3-7-14(19)8-4-12/h1-9H,10H2/b15-9-. The van der Waals surface area contributed by atoms with Gasteiger partial charge in [-0.15, -0.1) is 0 Å². The van der Waals surface area contributed by atoms with E-state index in [1.54, 1.807) is 18.2 Å². The van der Waals surface area contributed by atoms with Gasteiger partial charge in [-0.25, -0.2) is 0 Å². The van der Waals surface area contributed by atoms with Gasteiger partial charge in [-0.2, -0.15) is 0 Å². The molecule has 2 amide bonds. The molecule has 0 N–H and O–H groups in total. The smallest absolute Gasteiger partial charge is 0.268 e. The van der Waals surface area contributed by atoms with E-state index < -0.39 is 0 Å². The van der Waals surface area contributed by atoms with Crippen molar-refractivity contribution in [1.82, 2.24) is 4.90 Å². The van der Waals surface area contributed by atoms with E-state index >= 15 is 0 Å². The molecule has 0 aliphatic carbocycles. The summed E-state index contributed by atoms with van der Waals surface area (Å²) >= 11 is 9.03. The molecule has 6 heteroatoms. The minimum Gasteiger partial charge on any atom is -0.268 e. The third-order valence-electron chi connectivity index (χ3n) is 3.30. The van der Waals surface area contributed by atoms with Gasteiger partial charge in [0, 0.05) is 8.59 Å². The van der Waals surface area contributed by atoms with E-state index in [4.69, 9.17) is 11.6 Å². The van der Waals surface area contributed by atoms with Crippen LogP contribution in [-0.4, -0.2) is 16.0 Å². The molecule has 3 nitrogen and oxygen atoms in total. The summed E-state index contributed by atoms with van der Waals surface area (Å²) in [5, 5.41) is 0.391. The van der Waals surface area contributed by atoms with Crippen LogP contribution in [-0.2, 0) is 11.3 Å². The first-order chi connectivity index (χ1) is 11.0. The van der Waals surface area contributed by atoms with Crippen LogP contribution in [0.4, 0.5) is 4.79 Å². The van der Waals surface area contributed by atoms with Crippen molar-refractivity contribution in [2.24, 2.45) is 0 Å². The lowest BCUT2D eigenvalue weighted by Gasteiger charge is -2.12. The summed E-state index contributed by atoms with van der Waals surface area (Å²) in [4.78, 5) is 26.3. The maximum Gasteiger partial charge on any atom is 0.293 e. The molecule has 0 aromatic heterocycles. The number of thioether (sulfide) groups is 1. The maximum atomic E-state index is 12.4. The Labute approximate surface area is 156 Å². The van der Waals surface area contributed by atoms with Crippen molar-refractivity contribution >= 4 is 63.2 Å². The third-order valence-corrected chi connectivity index (χ3v) is 5.17. The average molecular weight is 456 g/mol.